The first-order valence-corrected chi connectivity index (χ1v) is 8.22. The van der Waals surface area contributed by atoms with Crippen LogP contribution >= 0.6 is 11.6 Å². The van der Waals surface area contributed by atoms with Crippen LogP contribution in [0.15, 0.2) is 36.7 Å². The number of rotatable bonds is 5. The normalized spacial score (nSPS) is 16.3. The van der Waals surface area contributed by atoms with Crippen LogP contribution in [0.2, 0.25) is 5.02 Å². The molecular weight excluding hydrogens is 312 g/mol. The van der Waals surface area contributed by atoms with Crippen molar-refractivity contribution in [2.75, 3.05) is 31.2 Å². The summed E-state index contributed by atoms with van der Waals surface area (Å²) in [5.74, 6) is 0.780. The Hall–Kier alpha value is -1.69. The van der Waals surface area contributed by atoms with Crippen LogP contribution in [0.4, 0.5) is 5.95 Å². The summed E-state index contributed by atoms with van der Waals surface area (Å²) in [5, 5.41) is 4.23. The average Bonchev–Trinajstić information content (AvgIpc) is 2.61. The molecule has 0 aliphatic carbocycles. The molecule has 1 aliphatic heterocycles. The summed E-state index contributed by atoms with van der Waals surface area (Å²) >= 11 is 5.92. The molecule has 0 unspecified atom stereocenters. The molecule has 0 amide bonds. The van der Waals surface area contributed by atoms with Crippen LogP contribution in [0.3, 0.4) is 0 Å². The third kappa shape index (κ3) is 4.41. The largest absolute Gasteiger partial charge is 0.378 e. The number of ether oxygens (including phenoxy) is 1. The second-order valence-corrected chi connectivity index (χ2v) is 6.08. The monoisotopic (exact) mass is 332 g/mol. The van der Waals surface area contributed by atoms with E-state index in [-0.39, 0.29) is 6.04 Å². The maximum atomic E-state index is 5.92. The van der Waals surface area contributed by atoms with Gasteiger partial charge in [0.1, 0.15) is 0 Å². The summed E-state index contributed by atoms with van der Waals surface area (Å²) in [5.41, 5.74) is 2.28. The van der Waals surface area contributed by atoms with Crippen LogP contribution in [0, 0.1) is 0 Å². The van der Waals surface area contributed by atoms with Crippen LogP contribution in [0.1, 0.15) is 24.1 Å². The lowest BCUT2D eigenvalue weighted by Gasteiger charge is -2.26. The molecule has 2 aromatic rings. The first-order chi connectivity index (χ1) is 11.2. The van der Waals surface area contributed by atoms with E-state index in [2.05, 4.69) is 27.1 Å². The fraction of sp³-hybridized carbons (Fsp3) is 0.412. The summed E-state index contributed by atoms with van der Waals surface area (Å²) in [6.45, 7) is 6.05. The van der Waals surface area contributed by atoms with Crippen molar-refractivity contribution in [1.29, 1.82) is 0 Å². The van der Waals surface area contributed by atoms with Gasteiger partial charge in [-0.1, -0.05) is 23.7 Å². The van der Waals surface area contributed by atoms with E-state index >= 15 is 0 Å². The van der Waals surface area contributed by atoms with Crippen molar-refractivity contribution in [1.82, 2.24) is 15.3 Å². The lowest BCUT2D eigenvalue weighted by Crippen LogP contribution is -2.37. The summed E-state index contributed by atoms with van der Waals surface area (Å²) in [6.07, 6.45) is 3.78. The van der Waals surface area contributed by atoms with E-state index < -0.39 is 0 Å². The Morgan fingerprint density at radius 1 is 1.17 bits per heavy atom. The van der Waals surface area contributed by atoms with E-state index in [0.29, 0.717) is 0 Å². The smallest absolute Gasteiger partial charge is 0.225 e. The molecule has 1 N–H and O–H groups in total. The molecule has 1 aromatic carbocycles. The average molecular weight is 333 g/mol. The van der Waals surface area contributed by atoms with Crippen molar-refractivity contribution in [3.63, 3.8) is 0 Å². The third-order valence-electron chi connectivity index (χ3n) is 3.97. The summed E-state index contributed by atoms with van der Waals surface area (Å²) in [4.78, 5) is 11.1. The van der Waals surface area contributed by atoms with Crippen molar-refractivity contribution in [3.8, 4) is 0 Å². The highest BCUT2D eigenvalue weighted by atomic mass is 35.5. The van der Waals surface area contributed by atoms with Crippen LogP contribution < -0.4 is 10.2 Å². The Labute approximate surface area is 141 Å². The van der Waals surface area contributed by atoms with Crippen LogP contribution in [-0.2, 0) is 11.3 Å². The lowest BCUT2D eigenvalue weighted by atomic mass is 10.1. The van der Waals surface area contributed by atoms with Crippen molar-refractivity contribution in [2.24, 2.45) is 0 Å². The Bertz CT molecular complexity index is 611. The molecule has 1 saturated heterocycles. The predicted octanol–water partition coefficient (Wildman–Crippen LogP) is 2.82. The van der Waals surface area contributed by atoms with Gasteiger partial charge < -0.3 is 15.0 Å². The molecule has 3 rings (SSSR count). The molecule has 23 heavy (non-hydrogen) atoms. The first-order valence-electron chi connectivity index (χ1n) is 7.85. The molecule has 0 spiro atoms. The molecule has 2 heterocycles. The van der Waals surface area contributed by atoms with Crippen molar-refractivity contribution < 1.29 is 4.74 Å². The van der Waals surface area contributed by atoms with Gasteiger partial charge in [0.05, 0.1) is 13.2 Å². The summed E-state index contributed by atoms with van der Waals surface area (Å²) in [7, 11) is 0. The highest BCUT2D eigenvalue weighted by molar-refractivity contribution is 6.30. The molecular formula is C17H21ClN4O. The predicted molar refractivity (Wildman–Crippen MR) is 91.8 cm³/mol. The zero-order valence-corrected chi connectivity index (χ0v) is 14.0. The van der Waals surface area contributed by atoms with Crippen LogP contribution in [0.5, 0.6) is 0 Å². The van der Waals surface area contributed by atoms with Gasteiger partial charge in [-0.25, -0.2) is 9.97 Å². The van der Waals surface area contributed by atoms with Gasteiger partial charge in [-0.15, -0.1) is 0 Å². The number of benzene rings is 1. The molecule has 0 bridgehead atoms. The SMILES string of the molecule is C[C@H](NCc1cnc(N2CCOCC2)nc1)c1ccc(Cl)cc1. The standard InChI is InChI=1S/C17H21ClN4O/c1-13(15-2-4-16(18)5-3-15)19-10-14-11-20-17(21-12-14)22-6-8-23-9-7-22/h2-5,11-13,19H,6-10H2,1H3/t13-/m0/s1. The Balaban J connectivity index is 1.54. The van der Waals surface area contributed by atoms with Gasteiger partial charge >= 0.3 is 0 Å². The molecule has 0 radical (unpaired) electrons. The van der Waals surface area contributed by atoms with E-state index in [1.807, 2.05) is 36.7 Å². The molecule has 122 valence electrons. The Morgan fingerprint density at radius 2 is 1.83 bits per heavy atom. The lowest BCUT2D eigenvalue weighted by molar-refractivity contribution is 0.122. The van der Waals surface area contributed by atoms with Crippen molar-refractivity contribution in [3.05, 3.63) is 52.8 Å². The number of nitrogens with zero attached hydrogens (tertiary/aromatic N) is 3. The number of morpholine rings is 1. The third-order valence-corrected chi connectivity index (χ3v) is 4.22. The fourth-order valence-corrected chi connectivity index (χ4v) is 2.63. The van der Waals surface area contributed by atoms with Gasteiger partial charge in [-0.3, -0.25) is 0 Å². The quantitative estimate of drug-likeness (QED) is 0.912. The summed E-state index contributed by atoms with van der Waals surface area (Å²) in [6, 6.07) is 8.15. The number of hydrogen-bond acceptors (Lipinski definition) is 5. The van der Waals surface area contributed by atoms with E-state index in [4.69, 9.17) is 16.3 Å². The Kier molecular flexibility index (Phi) is 5.43. The van der Waals surface area contributed by atoms with E-state index in [1.165, 1.54) is 5.56 Å². The molecule has 5 nitrogen and oxygen atoms in total. The van der Waals surface area contributed by atoms with E-state index in [9.17, 15) is 0 Å². The summed E-state index contributed by atoms with van der Waals surface area (Å²) < 4.78 is 5.34. The Morgan fingerprint density at radius 3 is 2.48 bits per heavy atom. The minimum absolute atomic E-state index is 0.242. The van der Waals surface area contributed by atoms with Gasteiger partial charge in [-0.05, 0) is 24.6 Å². The number of aromatic nitrogens is 2. The second-order valence-electron chi connectivity index (χ2n) is 5.64. The molecule has 1 atom stereocenters. The number of nitrogens with one attached hydrogen (secondary N) is 1. The number of hydrogen-bond donors (Lipinski definition) is 1. The zero-order valence-electron chi connectivity index (χ0n) is 13.2. The highest BCUT2D eigenvalue weighted by Gasteiger charge is 2.13. The minimum atomic E-state index is 0.242. The van der Waals surface area contributed by atoms with Gasteiger partial charge in [0.15, 0.2) is 0 Å². The maximum absolute atomic E-state index is 5.92. The molecule has 1 aromatic heterocycles. The van der Waals surface area contributed by atoms with Crippen LogP contribution in [0.25, 0.3) is 0 Å². The number of anilines is 1. The molecule has 1 aliphatic rings. The van der Waals surface area contributed by atoms with Crippen molar-refractivity contribution in [2.45, 2.75) is 19.5 Å². The molecule has 1 fully saturated rings. The number of halogens is 1. The van der Waals surface area contributed by atoms with Gasteiger partial charge in [0.25, 0.3) is 0 Å². The fourth-order valence-electron chi connectivity index (χ4n) is 2.51. The minimum Gasteiger partial charge on any atom is -0.378 e. The van der Waals surface area contributed by atoms with Gasteiger partial charge in [-0.2, -0.15) is 0 Å². The second kappa shape index (κ2) is 7.73. The van der Waals surface area contributed by atoms with Gasteiger partial charge in [0, 0.05) is 48.7 Å². The van der Waals surface area contributed by atoms with Crippen LogP contribution in [-0.4, -0.2) is 36.3 Å². The zero-order chi connectivity index (χ0) is 16.1. The first kappa shape index (κ1) is 16.2. The van der Waals surface area contributed by atoms with E-state index in [1.54, 1.807) is 0 Å². The maximum Gasteiger partial charge on any atom is 0.225 e. The highest BCUT2D eigenvalue weighted by Crippen LogP contribution is 2.16. The van der Waals surface area contributed by atoms with E-state index in [0.717, 1.165) is 49.4 Å². The topological polar surface area (TPSA) is 50.3 Å². The van der Waals surface area contributed by atoms with Gasteiger partial charge in [0.2, 0.25) is 5.95 Å². The van der Waals surface area contributed by atoms with Crippen molar-refractivity contribution >= 4 is 17.5 Å². The molecule has 6 heteroatoms. The molecule has 0 saturated carbocycles.